The van der Waals surface area contributed by atoms with Crippen molar-refractivity contribution in [3.63, 3.8) is 0 Å². The van der Waals surface area contributed by atoms with E-state index < -0.39 is 0 Å². The molecule has 2 aromatic rings. The fraction of sp³-hybridized carbons (Fsp3) is 0.273. The van der Waals surface area contributed by atoms with Crippen molar-refractivity contribution < 1.29 is 4.42 Å². The zero-order valence-electron chi connectivity index (χ0n) is 8.67. The van der Waals surface area contributed by atoms with E-state index in [1.807, 2.05) is 24.4 Å². The van der Waals surface area contributed by atoms with Crippen molar-refractivity contribution in [3.8, 4) is 0 Å². The van der Waals surface area contributed by atoms with E-state index in [2.05, 4.69) is 5.32 Å². The molecule has 0 saturated heterocycles. The van der Waals surface area contributed by atoms with Crippen molar-refractivity contribution >= 4 is 34.5 Å². The van der Waals surface area contributed by atoms with E-state index in [0.717, 1.165) is 22.0 Å². The zero-order chi connectivity index (χ0) is 11.5. The Kier molecular flexibility index (Phi) is 3.92. The maximum absolute atomic E-state index is 6.14. The molecule has 0 aliphatic carbocycles. The first-order valence-electron chi connectivity index (χ1n) is 4.93. The molecular formula is C11H11Cl2NOS. The molecule has 86 valence electrons. The van der Waals surface area contributed by atoms with Crippen molar-refractivity contribution in [1.29, 1.82) is 0 Å². The monoisotopic (exact) mass is 275 g/mol. The van der Waals surface area contributed by atoms with Gasteiger partial charge >= 0.3 is 0 Å². The van der Waals surface area contributed by atoms with Gasteiger partial charge in [0.1, 0.15) is 0 Å². The second-order valence-electron chi connectivity index (χ2n) is 3.27. The summed E-state index contributed by atoms with van der Waals surface area (Å²) < 4.78 is 5.12. The van der Waals surface area contributed by atoms with Crippen LogP contribution in [0, 0.1) is 0 Å². The molecule has 1 atom stereocenters. The van der Waals surface area contributed by atoms with Crippen LogP contribution in [-0.4, -0.2) is 6.54 Å². The van der Waals surface area contributed by atoms with E-state index in [1.165, 1.54) is 0 Å². The minimum Gasteiger partial charge on any atom is -0.453 e. The van der Waals surface area contributed by atoms with Crippen LogP contribution < -0.4 is 5.32 Å². The second kappa shape index (κ2) is 5.23. The Morgan fingerprint density at radius 1 is 1.44 bits per heavy atom. The van der Waals surface area contributed by atoms with Crippen LogP contribution in [0.25, 0.3) is 0 Å². The van der Waals surface area contributed by atoms with Crippen LogP contribution >= 0.6 is 34.5 Å². The molecule has 2 nitrogen and oxygen atoms in total. The van der Waals surface area contributed by atoms with Crippen molar-refractivity contribution in [2.24, 2.45) is 0 Å². The Balaban J connectivity index is 2.39. The minimum atomic E-state index is 0.00347. The maximum Gasteiger partial charge on any atom is 0.198 e. The number of hydrogen-bond donors (Lipinski definition) is 1. The molecular weight excluding hydrogens is 265 g/mol. The van der Waals surface area contributed by atoms with Crippen LogP contribution in [0.2, 0.25) is 10.2 Å². The average molecular weight is 276 g/mol. The smallest absolute Gasteiger partial charge is 0.198 e. The first-order valence-corrected chi connectivity index (χ1v) is 6.56. The summed E-state index contributed by atoms with van der Waals surface area (Å²) in [6.45, 7) is 2.88. The van der Waals surface area contributed by atoms with Crippen LogP contribution in [0.15, 0.2) is 28.2 Å². The lowest BCUT2D eigenvalue weighted by molar-refractivity contribution is 0.556. The molecule has 0 aliphatic heterocycles. The van der Waals surface area contributed by atoms with Crippen molar-refractivity contribution in [2.75, 3.05) is 6.54 Å². The van der Waals surface area contributed by atoms with Crippen molar-refractivity contribution in [3.05, 3.63) is 44.5 Å². The lowest BCUT2D eigenvalue weighted by Crippen LogP contribution is -2.21. The third kappa shape index (κ3) is 2.28. The van der Waals surface area contributed by atoms with Gasteiger partial charge in [0.05, 0.1) is 17.3 Å². The largest absolute Gasteiger partial charge is 0.453 e. The van der Waals surface area contributed by atoms with Gasteiger partial charge in [-0.3, -0.25) is 0 Å². The van der Waals surface area contributed by atoms with Gasteiger partial charge in [-0.1, -0.05) is 18.5 Å². The Labute approximate surface area is 108 Å². The molecule has 2 rings (SSSR count). The predicted octanol–water partition coefficient (Wildman–Crippen LogP) is 4.35. The fourth-order valence-corrected chi connectivity index (χ4v) is 3.05. The Bertz CT molecular complexity index is 426. The quantitative estimate of drug-likeness (QED) is 0.898. The highest BCUT2D eigenvalue weighted by molar-refractivity contribution is 7.10. The van der Waals surface area contributed by atoms with Gasteiger partial charge in [-0.2, -0.15) is 0 Å². The number of thiophene rings is 1. The van der Waals surface area contributed by atoms with Gasteiger partial charge in [0.2, 0.25) is 0 Å². The van der Waals surface area contributed by atoms with Gasteiger partial charge in [0.15, 0.2) is 5.22 Å². The molecule has 0 amide bonds. The minimum absolute atomic E-state index is 0.00347. The van der Waals surface area contributed by atoms with Crippen LogP contribution in [0.3, 0.4) is 0 Å². The van der Waals surface area contributed by atoms with E-state index in [4.69, 9.17) is 27.6 Å². The highest BCUT2D eigenvalue weighted by Gasteiger charge is 2.21. The van der Waals surface area contributed by atoms with Crippen LogP contribution in [0.5, 0.6) is 0 Å². The van der Waals surface area contributed by atoms with Crippen LogP contribution in [-0.2, 0) is 0 Å². The van der Waals surface area contributed by atoms with Gasteiger partial charge in [0, 0.05) is 10.4 Å². The summed E-state index contributed by atoms with van der Waals surface area (Å²) in [5.74, 6) is 0. The second-order valence-corrected chi connectivity index (χ2v) is 4.97. The van der Waals surface area contributed by atoms with E-state index in [-0.39, 0.29) is 6.04 Å². The summed E-state index contributed by atoms with van der Waals surface area (Å²) in [5.41, 5.74) is 0.924. The summed E-state index contributed by atoms with van der Waals surface area (Å²) in [5, 5.41) is 6.49. The molecule has 16 heavy (non-hydrogen) atoms. The predicted molar refractivity (Wildman–Crippen MR) is 68.6 cm³/mol. The molecule has 2 aromatic heterocycles. The van der Waals surface area contributed by atoms with Crippen molar-refractivity contribution in [2.45, 2.75) is 13.0 Å². The molecule has 0 fully saturated rings. The standard InChI is InChI=1S/C11H11Cl2NOS/c1-2-14-9(7-3-5-15-11(7)13)10-8(12)4-6-16-10/h3-6,9,14H,2H2,1H3. The molecule has 2 heterocycles. The fourth-order valence-electron chi connectivity index (χ4n) is 1.57. The third-order valence-corrected chi connectivity index (χ3v) is 4.00. The number of nitrogens with one attached hydrogen (secondary N) is 1. The van der Waals surface area contributed by atoms with Gasteiger partial charge < -0.3 is 9.73 Å². The van der Waals surface area contributed by atoms with Gasteiger partial charge in [-0.05, 0) is 35.7 Å². The first kappa shape index (κ1) is 12.0. The topological polar surface area (TPSA) is 25.2 Å². The lowest BCUT2D eigenvalue weighted by Gasteiger charge is -2.15. The average Bonchev–Trinajstić information content (AvgIpc) is 2.84. The highest BCUT2D eigenvalue weighted by atomic mass is 35.5. The Hall–Kier alpha value is -0.480. The highest BCUT2D eigenvalue weighted by Crippen LogP contribution is 2.36. The van der Waals surface area contributed by atoms with E-state index >= 15 is 0 Å². The summed E-state index contributed by atoms with van der Waals surface area (Å²) in [6.07, 6.45) is 1.59. The number of halogens is 2. The summed E-state index contributed by atoms with van der Waals surface area (Å²) >= 11 is 13.7. The molecule has 0 aliphatic rings. The summed E-state index contributed by atoms with van der Waals surface area (Å²) in [4.78, 5) is 1.06. The molecule has 0 spiro atoms. The van der Waals surface area contributed by atoms with E-state index in [0.29, 0.717) is 5.22 Å². The number of furan rings is 1. The lowest BCUT2D eigenvalue weighted by atomic mass is 10.1. The molecule has 5 heteroatoms. The zero-order valence-corrected chi connectivity index (χ0v) is 11.0. The molecule has 1 N–H and O–H groups in total. The Morgan fingerprint density at radius 2 is 2.25 bits per heavy atom. The molecule has 0 radical (unpaired) electrons. The summed E-state index contributed by atoms with van der Waals surface area (Å²) in [6, 6.07) is 3.76. The van der Waals surface area contributed by atoms with E-state index in [1.54, 1.807) is 17.6 Å². The van der Waals surface area contributed by atoms with Crippen LogP contribution in [0.1, 0.15) is 23.4 Å². The van der Waals surface area contributed by atoms with Crippen molar-refractivity contribution in [1.82, 2.24) is 5.32 Å². The molecule has 0 bridgehead atoms. The number of rotatable bonds is 4. The van der Waals surface area contributed by atoms with Gasteiger partial charge in [-0.25, -0.2) is 0 Å². The molecule has 0 aromatic carbocycles. The number of hydrogen-bond acceptors (Lipinski definition) is 3. The SMILES string of the molecule is CCNC(c1ccoc1Cl)c1sccc1Cl. The van der Waals surface area contributed by atoms with E-state index in [9.17, 15) is 0 Å². The first-order chi connectivity index (χ1) is 7.74. The Morgan fingerprint density at radius 3 is 2.75 bits per heavy atom. The normalized spacial score (nSPS) is 12.9. The maximum atomic E-state index is 6.14. The summed E-state index contributed by atoms with van der Waals surface area (Å²) in [7, 11) is 0. The molecule has 1 unspecified atom stereocenters. The molecule has 0 saturated carbocycles. The third-order valence-electron chi connectivity index (χ3n) is 2.27. The van der Waals surface area contributed by atoms with Gasteiger partial charge in [0.25, 0.3) is 0 Å². The van der Waals surface area contributed by atoms with Gasteiger partial charge in [-0.15, -0.1) is 11.3 Å². The van der Waals surface area contributed by atoms with Crippen LogP contribution in [0.4, 0.5) is 0 Å².